The Morgan fingerprint density at radius 2 is 1.62 bits per heavy atom. The number of rotatable bonds is 1. The number of nitrogens with zero attached hydrogens (tertiary/aromatic N) is 1. The molecule has 0 aliphatic rings. The Morgan fingerprint density at radius 3 is 2.00 bits per heavy atom. The fourth-order valence-electron chi connectivity index (χ4n) is 0.871. The van der Waals surface area contributed by atoms with Crippen molar-refractivity contribution in [2.24, 2.45) is 5.16 Å². The van der Waals surface area contributed by atoms with Crippen molar-refractivity contribution in [3.8, 4) is 17.2 Å². The van der Waals surface area contributed by atoms with E-state index in [0.717, 1.165) is 0 Å². The van der Waals surface area contributed by atoms with E-state index in [9.17, 15) is 0 Å². The molecule has 0 aromatic heterocycles. The minimum atomic E-state index is -0.588. The first kappa shape index (κ1) is 9.18. The molecule has 5 heteroatoms. The summed E-state index contributed by atoms with van der Waals surface area (Å²) in [7, 11) is 0. The summed E-state index contributed by atoms with van der Waals surface area (Å²) in [4.78, 5) is 0. The van der Waals surface area contributed by atoms with Gasteiger partial charge in [0.25, 0.3) is 0 Å². The summed E-state index contributed by atoms with van der Waals surface area (Å²) >= 11 is 0. The van der Waals surface area contributed by atoms with Crippen LogP contribution in [0.2, 0.25) is 0 Å². The maximum Gasteiger partial charge on any atom is 0.200 e. The SMILES string of the molecule is C/C(=N\O)c1cc(O)c(O)c(O)c1. The lowest BCUT2D eigenvalue weighted by Crippen LogP contribution is -1.93. The number of oxime groups is 1. The topological polar surface area (TPSA) is 93.3 Å². The average molecular weight is 183 g/mol. The van der Waals surface area contributed by atoms with Crippen molar-refractivity contribution in [1.29, 1.82) is 0 Å². The molecule has 13 heavy (non-hydrogen) atoms. The highest BCUT2D eigenvalue weighted by molar-refractivity contribution is 5.99. The smallest absolute Gasteiger partial charge is 0.200 e. The fourth-order valence-corrected chi connectivity index (χ4v) is 0.871. The highest BCUT2D eigenvalue weighted by atomic mass is 16.4. The summed E-state index contributed by atoms with van der Waals surface area (Å²) in [6, 6.07) is 2.37. The van der Waals surface area contributed by atoms with Crippen molar-refractivity contribution in [2.45, 2.75) is 6.92 Å². The third-order valence-corrected chi connectivity index (χ3v) is 1.64. The van der Waals surface area contributed by atoms with Crippen LogP contribution in [0.3, 0.4) is 0 Å². The summed E-state index contributed by atoms with van der Waals surface area (Å²) in [5, 5.41) is 38.4. The molecule has 0 aliphatic heterocycles. The Bertz CT molecular complexity index is 336. The van der Waals surface area contributed by atoms with Crippen LogP contribution in [0.1, 0.15) is 12.5 Å². The Morgan fingerprint density at radius 1 is 1.15 bits per heavy atom. The Balaban J connectivity index is 3.29. The van der Waals surface area contributed by atoms with Crippen LogP contribution in [0.15, 0.2) is 17.3 Å². The Hall–Kier alpha value is -1.91. The summed E-state index contributed by atoms with van der Waals surface area (Å²) in [5.41, 5.74) is 0.556. The minimum absolute atomic E-state index is 0.227. The van der Waals surface area contributed by atoms with Gasteiger partial charge in [0, 0.05) is 5.56 Å². The van der Waals surface area contributed by atoms with Gasteiger partial charge in [0.15, 0.2) is 17.2 Å². The maximum atomic E-state index is 9.08. The van der Waals surface area contributed by atoms with Crippen LogP contribution in [-0.2, 0) is 0 Å². The average Bonchev–Trinajstić information content (AvgIpc) is 2.12. The number of hydrogen-bond donors (Lipinski definition) is 4. The first-order chi connectivity index (χ1) is 6.06. The fraction of sp³-hybridized carbons (Fsp3) is 0.125. The van der Waals surface area contributed by atoms with Gasteiger partial charge in [0.2, 0.25) is 0 Å². The van der Waals surface area contributed by atoms with Gasteiger partial charge in [0.05, 0.1) is 5.71 Å². The van der Waals surface area contributed by atoms with Crippen molar-refractivity contribution < 1.29 is 20.5 Å². The van der Waals surface area contributed by atoms with Crippen molar-refractivity contribution >= 4 is 5.71 Å². The maximum absolute atomic E-state index is 9.08. The Labute approximate surface area is 74.2 Å². The van der Waals surface area contributed by atoms with E-state index >= 15 is 0 Å². The number of phenols is 3. The highest BCUT2D eigenvalue weighted by Crippen LogP contribution is 2.35. The molecule has 0 spiro atoms. The molecule has 0 fully saturated rings. The molecule has 5 nitrogen and oxygen atoms in total. The zero-order valence-electron chi connectivity index (χ0n) is 6.89. The first-order valence-electron chi connectivity index (χ1n) is 3.50. The molecule has 1 aromatic rings. The summed E-state index contributed by atoms with van der Waals surface area (Å²) in [6.07, 6.45) is 0. The van der Waals surface area contributed by atoms with Gasteiger partial charge in [-0.15, -0.1) is 0 Å². The third kappa shape index (κ3) is 1.64. The van der Waals surface area contributed by atoms with Crippen LogP contribution >= 0.6 is 0 Å². The predicted molar refractivity (Wildman–Crippen MR) is 45.4 cm³/mol. The van der Waals surface area contributed by atoms with E-state index < -0.39 is 17.2 Å². The molecular formula is C8H9NO4. The van der Waals surface area contributed by atoms with E-state index in [1.54, 1.807) is 0 Å². The van der Waals surface area contributed by atoms with Gasteiger partial charge in [-0.05, 0) is 19.1 Å². The van der Waals surface area contributed by atoms with Crippen LogP contribution < -0.4 is 0 Å². The number of phenolic OH excluding ortho intramolecular Hbond substituents is 3. The molecule has 0 saturated heterocycles. The third-order valence-electron chi connectivity index (χ3n) is 1.64. The lowest BCUT2D eigenvalue weighted by molar-refractivity contribution is 0.319. The molecule has 1 rings (SSSR count). The highest BCUT2D eigenvalue weighted by Gasteiger charge is 2.09. The number of benzene rings is 1. The lowest BCUT2D eigenvalue weighted by atomic mass is 10.1. The van der Waals surface area contributed by atoms with Crippen molar-refractivity contribution in [2.75, 3.05) is 0 Å². The van der Waals surface area contributed by atoms with Crippen LogP contribution in [0.5, 0.6) is 17.2 Å². The zero-order valence-corrected chi connectivity index (χ0v) is 6.89. The van der Waals surface area contributed by atoms with E-state index in [0.29, 0.717) is 5.56 Å². The second-order valence-corrected chi connectivity index (χ2v) is 2.55. The first-order valence-corrected chi connectivity index (χ1v) is 3.50. The van der Waals surface area contributed by atoms with Crippen LogP contribution in [0, 0.1) is 0 Å². The Kier molecular flexibility index (Phi) is 2.27. The van der Waals surface area contributed by atoms with Crippen molar-refractivity contribution in [3.63, 3.8) is 0 Å². The molecule has 0 atom stereocenters. The van der Waals surface area contributed by atoms with Gasteiger partial charge in [-0.1, -0.05) is 5.16 Å². The van der Waals surface area contributed by atoms with Gasteiger partial charge in [-0.2, -0.15) is 0 Å². The molecule has 0 saturated carbocycles. The van der Waals surface area contributed by atoms with E-state index in [4.69, 9.17) is 20.5 Å². The summed E-state index contributed by atoms with van der Waals surface area (Å²) in [6.45, 7) is 1.49. The molecule has 0 aliphatic carbocycles. The minimum Gasteiger partial charge on any atom is -0.504 e. The normalized spacial score (nSPS) is 11.6. The van der Waals surface area contributed by atoms with Gasteiger partial charge < -0.3 is 20.5 Å². The quantitative estimate of drug-likeness (QED) is 0.226. The molecule has 0 unspecified atom stereocenters. The van der Waals surface area contributed by atoms with E-state index in [2.05, 4.69) is 5.16 Å². The number of hydrogen-bond acceptors (Lipinski definition) is 5. The monoisotopic (exact) mass is 183 g/mol. The van der Waals surface area contributed by atoms with Gasteiger partial charge in [-0.3, -0.25) is 0 Å². The molecule has 70 valence electrons. The van der Waals surface area contributed by atoms with Crippen molar-refractivity contribution in [3.05, 3.63) is 17.7 Å². The summed E-state index contributed by atoms with van der Waals surface area (Å²) in [5.74, 6) is -1.51. The lowest BCUT2D eigenvalue weighted by Gasteiger charge is -2.03. The number of aromatic hydroxyl groups is 3. The standard InChI is InChI=1S/C8H9NO4/c1-4(9-13)5-2-6(10)8(12)7(11)3-5/h2-3,10-13H,1H3/b9-4+. The van der Waals surface area contributed by atoms with Gasteiger partial charge in [-0.25, -0.2) is 0 Å². The van der Waals surface area contributed by atoms with Crippen LogP contribution in [0.25, 0.3) is 0 Å². The van der Waals surface area contributed by atoms with Gasteiger partial charge >= 0.3 is 0 Å². The van der Waals surface area contributed by atoms with E-state index in [1.807, 2.05) is 0 Å². The second kappa shape index (κ2) is 3.22. The molecule has 0 bridgehead atoms. The van der Waals surface area contributed by atoms with Gasteiger partial charge in [0.1, 0.15) is 0 Å². The van der Waals surface area contributed by atoms with Crippen LogP contribution in [-0.4, -0.2) is 26.2 Å². The molecular weight excluding hydrogens is 174 g/mol. The molecule has 0 heterocycles. The summed E-state index contributed by atoms with van der Waals surface area (Å²) < 4.78 is 0. The molecule has 0 amide bonds. The largest absolute Gasteiger partial charge is 0.504 e. The molecule has 1 aromatic carbocycles. The predicted octanol–water partition coefficient (Wildman–Crippen LogP) is 1.00. The molecule has 4 N–H and O–H groups in total. The van der Waals surface area contributed by atoms with E-state index in [-0.39, 0.29) is 5.71 Å². The second-order valence-electron chi connectivity index (χ2n) is 2.55. The zero-order chi connectivity index (χ0) is 10.0. The molecule has 0 radical (unpaired) electrons. The van der Waals surface area contributed by atoms with E-state index in [1.165, 1.54) is 19.1 Å². The van der Waals surface area contributed by atoms with Crippen LogP contribution in [0.4, 0.5) is 0 Å². The van der Waals surface area contributed by atoms with Crippen molar-refractivity contribution in [1.82, 2.24) is 0 Å².